The number of nitrogens with one attached hydrogen (secondary N) is 1. The first kappa shape index (κ1) is 17.0. The molecule has 0 saturated carbocycles. The Bertz CT molecular complexity index is 868. The average molecular weight is 339 g/mol. The highest BCUT2D eigenvalue weighted by molar-refractivity contribution is 5.93. The van der Waals surface area contributed by atoms with Crippen LogP contribution in [-0.4, -0.2) is 37.4 Å². The predicted molar refractivity (Wildman–Crippen MR) is 97.9 cm³/mol. The predicted octanol–water partition coefficient (Wildman–Crippen LogP) is 3.72. The summed E-state index contributed by atoms with van der Waals surface area (Å²) in [6.45, 7) is 3.00. The van der Waals surface area contributed by atoms with E-state index in [0.717, 1.165) is 22.3 Å². The highest BCUT2D eigenvalue weighted by Gasteiger charge is 2.10. The maximum absolute atomic E-state index is 5.52. The second kappa shape index (κ2) is 7.81. The molecule has 0 fully saturated rings. The van der Waals surface area contributed by atoms with Gasteiger partial charge in [0.05, 0.1) is 19.2 Å². The maximum atomic E-state index is 5.52. The van der Waals surface area contributed by atoms with Gasteiger partial charge in [-0.3, -0.25) is 4.98 Å². The van der Waals surface area contributed by atoms with Crippen molar-refractivity contribution in [2.45, 2.75) is 6.92 Å². The van der Waals surface area contributed by atoms with Crippen molar-refractivity contribution in [3.05, 3.63) is 48.2 Å². The number of ether oxygens (including phenoxy) is 3. The van der Waals surface area contributed by atoms with Crippen LogP contribution in [0.4, 0.5) is 11.4 Å². The number of pyridine rings is 2. The van der Waals surface area contributed by atoms with Crippen LogP contribution in [-0.2, 0) is 4.74 Å². The minimum absolute atomic E-state index is 0.438. The molecule has 130 valence electrons. The molecule has 3 rings (SSSR count). The quantitative estimate of drug-likeness (QED) is 0.662. The summed E-state index contributed by atoms with van der Waals surface area (Å²) in [6, 6.07) is 11.8. The zero-order valence-electron chi connectivity index (χ0n) is 14.6. The summed E-state index contributed by atoms with van der Waals surface area (Å²) < 4.78 is 15.9. The van der Waals surface area contributed by atoms with Crippen LogP contribution in [0.5, 0.6) is 11.8 Å². The molecule has 0 saturated heterocycles. The monoisotopic (exact) mass is 339 g/mol. The van der Waals surface area contributed by atoms with E-state index in [9.17, 15) is 0 Å². The van der Waals surface area contributed by atoms with E-state index in [-0.39, 0.29) is 0 Å². The molecule has 6 heteroatoms. The van der Waals surface area contributed by atoms with Gasteiger partial charge >= 0.3 is 0 Å². The molecule has 0 aliphatic rings. The second-order valence-electron chi connectivity index (χ2n) is 5.55. The van der Waals surface area contributed by atoms with E-state index in [4.69, 9.17) is 14.2 Å². The molecule has 2 aromatic heterocycles. The summed E-state index contributed by atoms with van der Waals surface area (Å²) in [6.07, 6.45) is 1.78. The summed E-state index contributed by atoms with van der Waals surface area (Å²) >= 11 is 0. The van der Waals surface area contributed by atoms with Gasteiger partial charge in [-0.2, -0.15) is 4.98 Å². The minimum Gasteiger partial charge on any atom is -0.479 e. The van der Waals surface area contributed by atoms with E-state index < -0.39 is 0 Å². The van der Waals surface area contributed by atoms with E-state index >= 15 is 0 Å². The van der Waals surface area contributed by atoms with E-state index in [1.165, 1.54) is 5.56 Å². The van der Waals surface area contributed by atoms with Crippen molar-refractivity contribution in [1.29, 1.82) is 0 Å². The standard InChI is InChI=1S/C19H21N3O3/c1-13-4-5-14-15(8-9-20-17(14)12-13)21-16-6-7-18(22-19(16)24-3)25-11-10-23-2/h4-9,12H,10-11H2,1-3H3,(H,20,21). The molecule has 0 aliphatic carbocycles. The Morgan fingerprint density at radius 3 is 2.68 bits per heavy atom. The molecule has 0 unspecified atom stereocenters. The van der Waals surface area contributed by atoms with Crippen molar-refractivity contribution in [2.75, 3.05) is 32.8 Å². The first-order chi connectivity index (χ1) is 12.2. The summed E-state index contributed by atoms with van der Waals surface area (Å²) in [5, 5.41) is 4.41. The molecule has 0 aliphatic heterocycles. The highest BCUT2D eigenvalue weighted by Crippen LogP contribution is 2.31. The SMILES string of the molecule is COCCOc1ccc(Nc2ccnc3cc(C)ccc23)c(OC)n1. The lowest BCUT2D eigenvalue weighted by Gasteiger charge is -2.13. The van der Waals surface area contributed by atoms with Gasteiger partial charge in [-0.25, -0.2) is 0 Å². The summed E-state index contributed by atoms with van der Waals surface area (Å²) in [4.78, 5) is 8.80. The maximum Gasteiger partial charge on any atom is 0.240 e. The number of anilines is 2. The van der Waals surface area contributed by atoms with Crippen LogP contribution in [0.25, 0.3) is 10.9 Å². The Kier molecular flexibility index (Phi) is 5.30. The molecule has 0 radical (unpaired) electrons. The number of aromatic nitrogens is 2. The van der Waals surface area contributed by atoms with Gasteiger partial charge < -0.3 is 19.5 Å². The summed E-state index contributed by atoms with van der Waals surface area (Å²) in [7, 11) is 3.21. The number of aryl methyl sites for hydroxylation is 1. The number of fused-ring (bicyclic) bond motifs is 1. The van der Waals surface area contributed by atoms with Crippen molar-refractivity contribution >= 4 is 22.3 Å². The fraction of sp³-hybridized carbons (Fsp3) is 0.263. The summed E-state index contributed by atoms with van der Waals surface area (Å²) in [5.41, 5.74) is 3.82. The van der Waals surface area contributed by atoms with E-state index in [0.29, 0.717) is 25.0 Å². The first-order valence-corrected chi connectivity index (χ1v) is 8.00. The molecule has 0 atom stereocenters. The Balaban J connectivity index is 1.87. The zero-order valence-corrected chi connectivity index (χ0v) is 14.6. The van der Waals surface area contributed by atoms with Crippen LogP contribution in [0.1, 0.15) is 5.56 Å². The number of hydrogen-bond acceptors (Lipinski definition) is 6. The van der Waals surface area contributed by atoms with Crippen molar-refractivity contribution in [3.63, 3.8) is 0 Å². The van der Waals surface area contributed by atoms with Crippen molar-refractivity contribution in [3.8, 4) is 11.8 Å². The van der Waals surface area contributed by atoms with Gasteiger partial charge in [0, 0.05) is 30.4 Å². The molecule has 2 heterocycles. The first-order valence-electron chi connectivity index (χ1n) is 8.00. The van der Waals surface area contributed by atoms with Crippen LogP contribution >= 0.6 is 0 Å². The fourth-order valence-corrected chi connectivity index (χ4v) is 2.50. The van der Waals surface area contributed by atoms with Crippen LogP contribution in [0.2, 0.25) is 0 Å². The van der Waals surface area contributed by atoms with Crippen molar-refractivity contribution < 1.29 is 14.2 Å². The second-order valence-corrected chi connectivity index (χ2v) is 5.55. The molecule has 1 N–H and O–H groups in total. The topological polar surface area (TPSA) is 65.5 Å². The van der Waals surface area contributed by atoms with Gasteiger partial charge in [-0.05, 0) is 30.7 Å². The molecule has 3 aromatic rings. The van der Waals surface area contributed by atoms with Gasteiger partial charge in [-0.1, -0.05) is 12.1 Å². The molecule has 0 bridgehead atoms. The van der Waals surface area contributed by atoms with Crippen LogP contribution in [0.3, 0.4) is 0 Å². The van der Waals surface area contributed by atoms with Gasteiger partial charge in [0.1, 0.15) is 12.3 Å². The largest absolute Gasteiger partial charge is 0.479 e. The summed E-state index contributed by atoms with van der Waals surface area (Å²) in [5.74, 6) is 0.960. The Hall–Kier alpha value is -2.86. The average Bonchev–Trinajstić information content (AvgIpc) is 2.63. The number of nitrogens with zero attached hydrogens (tertiary/aromatic N) is 2. The highest BCUT2D eigenvalue weighted by atomic mass is 16.5. The Morgan fingerprint density at radius 2 is 1.88 bits per heavy atom. The third-order valence-electron chi connectivity index (χ3n) is 3.73. The van der Waals surface area contributed by atoms with Gasteiger partial charge in [0.15, 0.2) is 0 Å². The number of benzene rings is 1. The molecular weight excluding hydrogens is 318 g/mol. The number of methoxy groups -OCH3 is 2. The molecular formula is C19H21N3O3. The third-order valence-corrected chi connectivity index (χ3v) is 3.73. The third kappa shape index (κ3) is 3.97. The van der Waals surface area contributed by atoms with Crippen LogP contribution < -0.4 is 14.8 Å². The number of rotatable bonds is 7. The molecule has 25 heavy (non-hydrogen) atoms. The van der Waals surface area contributed by atoms with Gasteiger partial charge in [0.25, 0.3) is 0 Å². The van der Waals surface area contributed by atoms with Gasteiger partial charge in [0.2, 0.25) is 11.8 Å². The molecule has 0 spiro atoms. The minimum atomic E-state index is 0.438. The normalized spacial score (nSPS) is 10.7. The van der Waals surface area contributed by atoms with Crippen molar-refractivity contribution in [2.24, 2.45) is 0 Å². The smallest absolute Gasteiger partial charge is 0.240 e. The van der Waals surface area contributed by atoms with E-state index in [1.54, 1.807) is 26.5 Å². The zero-order chi connectivity index (χ0) is 17.6. The van der Waals surface area contributed by atoms with E-state index in [1.807, 2.05) is 12.1 Å². The Morgan fingerprint density at radius 1 is 1.00 bits per heavy atom. The van der Waals surface area contributed by atoms with Gasteiger partial charge in [-0.15, -0.1) is 0 Å². The lowest BCUT2D eigenvalue weighted by molar-refractivity contribution is 0.143. The lowest BCUT2D eigenvalue weighted by Crippen LogP contribution is -2.06. The Labute approximate surface area is 146 Å². The van der Waals surface area contributed by atoms with Crippen molar-refractivity contribution in [1.82, 2.24) is 9.97 Å². The molecule has 6 nitrogen and oxygen atoms in total. The van der Waals surface area contributed by atoms with E-state index in [2.05, 4.69) is 40.4 Å². The molecule has 1 aromatic carbocycles. The molecule has 0 amide bonds. The number of hydrogen-bond donors (Lipinski definition) is 1. The van der Waals surface area contributed by atoms with Crippen LogP contribution in [0.15, 0.2) is 42.6 Å². The fourth-order valence-electron chi connectivity index (χ4n) is 2.50. The van der Waals surface area contributed by atoms with Crippen LogP contribution in [0, 0.1) is 6.92 Å². The lowest BCUT2D eigenvalue weighted by atomic mass is 10.1.